The fraction of sp³-hybridized carbons (Fsp3) is 0.500. The Balaban J connectivity index is 2.31. The Kier molecular flexibility index (Phi) is 3.71. The molecule has 1 aromatic rings. The van der Waals surface area contributed by atoms with E-state index in [4.69, 9.17) is 11.6 Å². The van der Waals surface area contributed by atoms with E-state index in [0.29, 0.717) is 5.92 Å². The third kappa shape index (κ3) is 2.84. The second kappa shape index (κ2) is 5.13. The third-order valence-corrected chi connectivity index (χ3v) is 3.72. The second-order valence-electron chi connectivity index (χ2n) is 4.78. The van der Waals surface area contributed by atoms with Crippen LogP contribution < -0.4 is 0 Å². The molecule has 0 bridgehead atoms. The van der Waals surface area contributed by atoms with Crippen LogP contribution in [0.1, 0.15) is 30.1 Å². The molecule has 0 spiro atoms. The number of aromatic nitrogens is 1. The first-order valence-electron chi connectivity index (χ1n) is 5.99. The van der Waals surface area contributed by atoms with E-state index in [1.807, 2.05) is 6.92 Å². The summed E-state index contributed by atoms with van der Waals surface area (Å²) in [6.45, 7) is 1.95. The molecule has 1 heterocycles. The Morgan fingerprint density at radius 3 is 2.79 bits per heavy atom. The summed E-state index contributed by atoms with van der Waals surface area (Å²) in [4.78, 5) is 27.8. The first-order chi connectivity index (χ1) is 8.91. The zero-order chi connectivity index (χ0) is 14.2. The molecule has 1 fully saturated rings. The van der Waals surface area contributed by atoms with Gasteiger partial charge in [-0.05, 0) is 31.7 Å². The molecule has 1 saturated carbocycles. The summed E-state index contributed by atoms with van der Waals surface area (Å²) in [5.41, 5.74) is -0.329. The molecular weight excluding hydrogens is 270 g/mol. The van der Waals surface area contributed by atoms with Gasteiger partial charge in [0.15, 0.2) is 0 Å². The van der Waals surface area contributed by atoms with Gasteiger partial charge in [0.1, 0.15) is 16.9 Å². The van der Waals surface area contributed by atoms with Crippen molar-refractivity contribution in [1.29, 1.82) is 0 Å². The fourth-order valence-corrected chi connectivity index (χ4v) is 2.17. The molecule has 1 aromatic heterocycles. The van der Waals surface area contributed by atoms with Crippen molar-refractivity contribution in [3.63, 3.8) is 0 Å². The number of amides is 1. The van der Waals surface area contributed by atoms with Crippen molar-refractivity contribution in [2.24, 2.45) is 5.92 Å². The minimum atomic E-state index is -0.619. The van der Waals surface area contributed by atoms with Crippen LogP contribution in [0.15, 0.2) is 12.3 Å². The van der Waals surface area contributed by atoms with Gasteiger partial charge in [0.05, 0.1) is 4.92 Å². The highest BCUT2D eigenvalue weighted by atomic mass is 35.5. The van der Waals surface area contributed by atoms with Gasteiger partial charge in [0.2, 0.25) is 0 Å². The van der Waals surface area contributed by atoms with Crippen LogP contribution in [0.4, 0.5) is 5.69 Å². The van der Waals surface area contributed by atoms with Crippen LogP contribution in [0, 0.1) is 16.0 Å². The molecule has 0 aromatic carbocycles. The molecular formula is C12H14ClN3O3. The van der Waals surface area contributed by atoms with E-state index in [9.17, 15) is 14.9 Å². The summed E-state index contributed by atoms with van der Waals surface area (Å²) in [6, 6.07) is 1.32. The van der Waals surface area contributed by atoms with Crippen molar-refractivity contribution in [2.75, 3.05) is 7.05 Å². The SMILES string of the molecule is CC(C1CC1)N(C)C(=O)c1cc(Cl)ncc1[N+](=O)[O-]. The second-order valence-corrected chi connectivity index (χ2v) is 5.16. The number of nitrogens with zero attached hydrogens (tertiary/aromatic N) is 3. The Morgan fingerprint density at radius 1 is 1.63 bits per heavy atom. The largest absolute Gasteiger partial charge is 0.339 e. The average Bonchev–Trinajstić information content (AvgIpc) is 3.19. The Bertz CT molecular complexity index is 531. The number of nitro groups is 1. The molecule has 1 aliphatic carbocycles. The summed E-state index contributed by atoms with van der Waals surface area (Å²) in [6.07, 6.45) is 3.21. The van der Waals surface area contributed by atoms with Crippen molar-refractivity contribution in [3.05, 3.63) is 33.1 Å². The smallest absolute Gasteiger partial charge is 0.300 e. The normalized spacial score (nSPS) is 15.9. The molecule has 0 aliphatic heterocycles. The van der Waals surface area contributed by atoms with Crippen molar-refractivity contribution in [2.45, 2.75) is 25.8 Å². The number of carbonyl (C=O) groups excluding carboxylic acids is 1. The molecule has 19 heavy (non-hydrogen) atoms. The first kappa shape index (κ1) is 13.7. The van der Waals surface area contributed by atoms with Crippen LogP contribution in [-0.4, -0.2) is 33.8 Å². The summed E-state index contributed by atoms with van der Waals surface area (Å²) >= 11 is 5.72. The molecule has 0 radical (unpaired) electrons. The topological polar surface area (TPSA) is 76.3 Å². The lowest BCUT2D eigenvalue weighted by molar-refractivity contribution is -0.385. The minimum Gasteiger partial charge on any atom is -0.339 e. The molecule has 0 N–H and O–H groups in total. The molecule has 2 rings (SSSR count). The van der Waals surface area contributed by atoms with Gasteiger partial charge in [0.25, 0.3) is 11.6 Å². The van der Waals surface area contributed by atoms with E-state index < -0.39 is 10.8 Å². The van der Waals surface area contributed by atoms with E-state index in [2.05, 4.69) is 4.98 Å². The standard InChI is InChI=1S/C12H14ClN3O3/c1-7(8-3-4-8)15(2)12(17)9-5-11(13)14-6-10(9)16(18)19/h5-8H,3-4H2,1-2H3. The summed E-state index contributed by atoms with van der Waals surface area (Å²) < 4.78 is 0. The Morgan fingerprint density at radius 2 is 2.26 bits per heavy atom. The number of pyridine rings is 1. The highest BCUT2D eigenvalue weighted by Crippen LogP contribution is 2.35. The molecule has 7 heteroatoms. The Labute approximate surface area is 115 Å². The number of carbonyl (C=O) groups is 1. The summed E-state index contributed by atoms with van der Waals surface area (Å²) in [7, 11) is 1.66. The van der Waals surface area contributed by atoms with Crippen LogP contribution in [0.25, 0.3) is 0 Å². The van der Waals surface area contributed by atoms with Gasteiger partial charge in [-0.1, -0.05) is 11.6 Å². The predicted octanol–water partition coefficient (Wildman–Crippen LogP) is 2.51. The number of hydrogen-bond acceptors (Lipinski definition) is 4. The van der Waals surface area contributed by atoms with Crippen LogP contribution in [-0.2, 0) is 0 Å². The minimum absolute atomic E-state index is 0.0139. The first-order valence-corrected chi connectivity index (χ1v) is 6.36. The highest BCUT2D eigenvalue weighted by Gasteiger charge is 2.34. The quantitative estimate of drug-likeness (QED) is 0.483. The van der Waals surface area contributed by atoms with E-state index in [-0.39, 0.29) is 22.4 Å². The third-order valence-electron chi connectivity index (χ3n) is 3.51. The number of rotatable bonds is 4. The maximum Gasteiger partial charge on any atom is 0.300 e. The zero-order valence-corrected chi connectivity index (χ0v) is 11.4. The van der Waals surface area contributed by atoms with Crippen LogP contribution in [0.5, 0.6) is 0 Å². The highest BCUT2D eigenvalue weighted by molar-refractivity contribution is 6.29. The van der Waals surface area contributed by atoms with Gasteiger partial charge < -0.3 is 4.90 Å². The van der Waals surface area contributed by atoms with E-state index in [1.54, 1.807) is 7.05 Å². The fourth-order valence-electron chi connectivity index (χ4n) is 2.01. The van der Waals surface area contributed by atoms with Gasteiger partial charge >= 0.3 is 0 Å². The summed E-state index contributed by atoms with van der Waals surface area (Å²) in [5.74, 6) is 0.0979. The number of halogens is 1. The van der Waals surface area contributed by atoms with Crippen LogP contribution in [0.2, 0.25) is 5.15 Å². The van der Waals surface area contributed by atoms with Crippen LogP contribution in [0.3, 0.4) is 0 Å². The van der Waals surface area contributed by atoms with E-state index in [0.717, 1.165) is 19.0 Å². The molecule has 1 atom stereocenters. The maximum absolute atomic E-state index is 12.3. The van der Waals surface area contributed by atoms with E-state index >= 15 is 0 Å². The maximum atomic E-state index is 12.3. The monoisotopic (exact) mass is 283 g/mol. The van der Waals surface area contributed by atoms with Crippen molar-refractivity contribution >= 4 is 23.2 Å². The van der Waals surface area contributed by atoms with Crippen molar-refractivity contribution in [1.82, 2.24) is 9.88 Å². The molecule has 0 saturated heterocycles. The molecule has 1 amide bonds. The lowest BCUT2D eigenvalue weighted by Crippen LogP contribution is -2.36. The van der Waals surface area contributed by atoms with Gasteiger partial charge in [0, 0.05) is 13.1 Å². The Hall–Kier alpha value is -1.69. The average molecular weight is 284 g/mol. The van der Waals surface area contributed by atoms with Gasteiger partial charge in [-0.25, -0.2) is 4.98 Å². The van der Waals surface area contributed by atoms with Gasteiger partial charge in [-0.2, -0.15) is 0 Å². The lowest BCUT2D eigenvalue weighted by Gasteiger charge is -2.24. The molecule has 102 valence electrons. The number of hydrogen-bond donors (Lipinski definition) is 0. The summed E-state index contributed by atoms with van der Waals surface area (Å²) in [5, 5.41) is 11.0. The zero-order valence-electron chi connectivity index (χ0n) is 10.7. The molecule has 1 unspecified atom stereocenters. The predicted molar refractivity (Wildman–Crippen MR) is 70.2 cm³/mol. The van der Waals surface area contributed by atoms with E-state index in [1.165, 1.54) is 11.0 Å². The van der Waals surface area contributed by atoms with Gasteiger partial charge in [-0.15, -0.1) is 0 Å². The molecule has 6 nitrogen and oxygen atoms in total. The van der Waals surface area contributed by atoms with Crippen molar-refractivity contribution in [3.8, 4) is 0 Å². The van der Waals surface area contributed by atoms with Crippen LogP contribution >= 0.6 is 11.6 Å². The van der Waals surface area contributed by atoms with Gasteiger partial charge in [-0.3, -0.25) is 14.9 Å². The van der Waals surface area contributed by atoms with Crippen molar-refractivity contribution < 1.29 is 9.72 Å². The molecule has 1 aliphatic rings. The lowest BCUT2D eigenvalue weighted by atomic mass is 10.1.